The van der Waals surface area contributed by atoms with Gasteiger partial charge in [-0.1, -0.05) is 13.0 Å². The van der Waals surface area contributed by atoms with Gasteiger partial charge in [0, 0.05) is 15.9 Å². The number of anilines is 1. The molecule has 1 saturated heterocycles. The summed E-state index contributed by atoms with van der Waals surface area (Å²) < 4.78 is 6.66. The molecule has 1 aromatic rings. The van der Waals surface area contributed by atoms with E-state index in [1.165, 1.54) is 0 Å². The van der Waals surface area contributed by atoms with Crippen LogP contribution in [0.5, 0.6) is 0 Å². The fourth-order valence-corrected chi connectivity index (χ4v) is 2.70. The average molecular weight is 345 g/mol. The monoisotopic (exact) mass is 345 g/mol. The maximum absolute atomic E-state index is 12.1. The van der Waals surface area contributed by atoms with Crippen LogP contribution in [0.1, 0.15) is 19.8 Å². The van der Waals surface area contributed by atoms with Gasteiger partial charge >= 0.3 is 0 Å². The van der Waals surface area contributed by atoms with Gasteiger partial charge < -0.3 is 10.1 Å². The maximum atomic E-state index is 12.1. The van der Waals surface area contributed by atoms with Crippen molar-refractivity contribution < 1.29 is 9.53 Å². The number of ether oxygens (including phenoxy) is 1. The molecule has 1 heterocycles. The third kappa shape index (κ3) is 3.19. The van der Waals surface area contributed by atoms with Gasteiger partial charge in [-0.2, -0.15) is 0 Å². The van der Waals surface area contributed by atoms with E-state index in [9.17, 15) is 4.79 Å². The molecular weight excluding hydrogens is 329 g/mol. The van der Waals surface area contributed by atoms with E-state index in [0.29, 0.717) is 6.61 Å². The Morgan fingerprint density at radius 3 is 3.12 bits per heavy atom. The summed E-state index contributed by atoms with van der Waals surface area (Å²) in [5.41, 5.74) is 0.864. The van der Waals surface area contributed by atoms with Crippen molar-refractivity contribution in [3.8, 4) is 0 Å². The van der Waals surface area contributed by atoms with E-state index in [4.69, 9.17) is 4.74 Å². The van der Waals surface area contributed by atoms with E-state index in [1.807, 2.05) is 24.3 Å². The van der Waals surface area contributed by atoms with E-state index < -0.39 is 0 Å². The molecule has 1 fully saturated rings. The lowest BCUT2D eigenvalue weighted by molar-refractivity contribution is -0.121. The van der Waals surface area contributed by atoms with Crippen molar-refractivity contribution in [1.82, 2.24) is 0 Å². The summed E-state index contributed by atoms with van der Waals surface area (Å²) in [6.45, 7) is 2.75. The van der Waals surface area contributed by atoms with E-state index in [2.05, 4.69) is 34.8 Å². The number of hydrogen-bond donors (Lipinski definition) is 1. The van der Waals surface area contributed by atoms with Gasteiger partial charge in [0.1, 0.15) is 0 Å². The van der Waals surface area contributed by atoms with Crippen LogP contribution in [0.3, 0.4) is 0 Å². The van der Waals surface area contributed by atoms with Crippen LogP contribution in [-0.4, -0.2) is 18.6 Å². The zero-order valence-electron chi connectivity index (χ0n) is 9.78. The Morgan fingerprint density at radius 1 is 1.59 bits per heavy atom. The normalized spacial score (nSPS) is 23.6. The molecule has 0 spiro atoms. The standard InChI is InChI=1S/C13H16INO2/c1-2-12-11(6-7-17-12)13(16)15-10-5-3-4-9(14)8-10/h3-5,8,11-12H,2,6-7H2,1H3,(H,15,16). The van der Waals surface area contributed by atoms with Crippen LogP contribution in [-0.2, 0) is 9.53 Å². The zero-order chi connectivity index (χ0) is 12.3. The number of carbonyl (C=O) groups is 1. The summed E-state index contributed by atoms with van der Waals surface area (Å²) >= 11 is 2.24. The van der Waals surface area contributed by atoms with E-state index in [1.54, 1.807) is 0 Å². The van der Waals surface area contributed by atoms with Crippen molar-refractivity contribution in [1.29, 1.82) is 0 Å². The molecule has 0 aromatic heterocycles. The second-order valence-electron chi connectivity index (χ2n) is 4.21. The SMILES string of the molecule is CCC1OCCC1C(=O)Nc1cccc(I)c1. The lowest BCUT2D eigenvalue weighted by atomic mass is 9.98. The number of benzene rings is 1. The van der Waals surface area contributed by atoms with Gasteiger partial charge in [-0.3, -0.25) is 4.79 Å². The molecule has 1 N–H and O–H groups in total. The van der Waals surface area contributed by atoms with Gasteiger partial charge in [-0.25, -0.2) is 0 Å². The first-order valence-corrected chi connectivity index (χ1v) is 6.96. The molecule has 0 bridgehead atoms. The Bertz CT molecular complexity index is 408. The summed E-state index contributed by atoms with van der Waals surface area (Å²) in [5, 5.41) is 2.97. The van der Waals surface area contributed by atoms with Crippen LogP contribution in [0.2, 0.25) is 0 Å². The number of amides is 1. The van der Waals surface area contributed by atoms with Crippen molar-refractivity contribution >= 4 is 34.2 Å². The van der Waals surface area contributed by atoms with Crippen LogP contribution < -0.4 is 5.32 Å². The largest absolute Gasteiger partial charge is 0.377 e. The van der Waals surface area contributed by atoms with Gasteiger partial charge in [0.25, 0.3) is 0 Å². The Kier molecular flexibility index (Phi) is 4.39. The highest BCUT2D eigenvalue weighted by Crippen LogP contribution is 2.25. The molecule has 0 aliphatic carbocycles. The predicted molar refractivity (Wildman–Crippen MR) is 75.9 cm³/mol. The van der Waals surface area contributed by atoms with Crippen LogP contribution >= 0.6 is 22.6 Å². The predicted octanol–water partition coefficient (Wildman–Crippen LogP) is 3.04. The lowest BCUT2D eigenvalue weighted by Gasteiger charge is -2.16. The van der Waals surface area contributed by atoms with Gasteiger partial charge in [0.15, 0.2) is 0 Å². The number of carbonyl (C=O) groups excluding carboxylic acids is 1. The molecule has 0 radical (unpaired) electrons. The molecule has 4 heteroatoms. The van der Waals surface area contributed by atoms with E-state index in [-0.39, 0.29) is 17.9 Å². The summed E-state index contributed by atoms with van der Waals surface area (Å²) in [4.78, 5) is 12.1. The van der Waals surface area contributed by atoms with Gasteiger partial charge in [-0.15, -0.1) is 0 Å². The Morgan fingerprint density at radius 2 is 2.41 bits per heavy atom. The molecule has 3 nitrogen and oxygen atoms in total. The quantitative estimate of drug-likeness (QED) is 0.856. The first-order valence-electron chi connectivity index (χ1n) is 5.88. The highest BCUT2D eigenvalue weighted by Gasteiger charge is 2.32. The molecule has 92 valence electrons. The molecule has 1 aliphatic rings. The van der Waals surface area contributed by atoms with Crippen LogP contribution in [0.4, 0.5) is 5.69 Å². The third-order valence-corrected chi connectivity index (χ3v) is 3.71. The zero-order valence-corrected chi connectivity index (χ0v) is 11.9. The molecule has 2 atom stereocenters. The van der Waals surface area contributed by atoms with Crippen LogP contribution in [0.25, 0.3) is 0 Å². The number of rotatable bonds is 3. The number of nitrogens with one attached hydrogen (secondary N) is 1. The first-order chi connectivity index (χ1) is 8.20. The molecular formula is C13H16INO2. The number of hydrogen-bond acceptors (Lipinski definition) is 2. The molecule has 1 amide bonds. The topological polar surface area (TPSA) is 38.3 Å². The third-order valence-electron chi connectivity index (χ3n) is 3.04. The minimum atomic E-state index is -0.00197. The molecule has 1 aliphatic heterocycles. The fourth-order valence-electron chi connectivity index (χ4n) is 2.15. The molecule has 0 saturated carbocycles. The smallest absolute Gasteiger partial charge is 0.230 e. The van der Waals surface area contributed by atoms with Gasteiger partial charge in [0.05, 0.1) is 12.0 Å². The summed E-state index contributed by atoms with van der Waals surface area (Å²) in [6, 6.07) is 7.83. The molecule has 2 unspecified atom stereocenters. The maximum Gasteiger partial charge on any atom is 0.230 e. The Labute approximate surface area is 115 Å². The average Bonchev–Trinajstić information content (AvgIpc) is 2.77. The lowest BCUT2D eigenvalue weighted by Crippen LogP contribution is -2.29. The van der Waals surface area contributed by atoms with Gasteiger partial charge in [-0.05, 0) is 53.6 Å². The molecule has 2 rings (SSSR count). The highest BCUT2D eigenvalue weighted by molar-refractivity contribution is 14.1. The van der Waals surface area contributed by atoms with Crippen molar-refractivity contribution in [3.05, 3.63) is 27.8 Å². The minimum absolute atomic E-state index is 0.00197. The Hall–Kier alpha value is -0.620. The van der Waals surface area contributed by atoms with Crippen LogP contribution in [0, 0.1) is 9.49 Å². The van der Waals surface area contributed by atoms with E-state index >= 15 is 0 Å². The summed E-state index contributed by atoms with van der Waals surface area (Å²) in [6.07, 6.45) is 1.80. The van der Waals surface area contributed by atoms with Crippen molar-refractivity contribution in [3.63, 3.8) is 0 Å². The first kappa shape index (κ1) is 12.8. The second kappa shape index (κ2) is 5.82. The molecule has 17 heavy (non-hydrogen) atoms. The summed E-state index contributed by atoms with van der Waals surface area (Å²) in [5.74, 6) is 0.0780. The van der Waals surface area contributed by atoms with E-state index in [0.717, 1.165) is 22.1 Å². The van der Waals surface area contributed by atoms with Crippen molar-refractivity contribution in [2.75, 3.05) is 11.9 Å². The van der Waals surface area contributed by atoms with Crippen molar-refractivity contribution in [2.45, 2.75) is 25.9 Å². The minimum Gasteiger partial charge on any atom is -0.377 e. The van der Waals surface area contributed by atoms with Crippen LogP contribution in [0.15, 0.2) is 24.3 Å². The fraction of sp³-hybridized carbons (Fsp3) is 0.462. The molecule has 1 aromatic carbocycles. The van der Waals surface area contributed by atoms with Gasteiger partial charge in [0.2, 0.25) is 5.91 Å². The summed E-state index contributed by atoms with van der Waals surface area (Å²) in [7, 11) is 0. The highest BCUT2D eigenvalue weighted by atomic mass is 127. The second-order valence-corrected chi connectivity index (χ2v) is 5.46. The van der Waals surface area contributed by atoms with Crippen molar-refractivity contribution in [2.24, 2.45) is 5.92 Å². The number of halogens is 1. The Balaban J connectivity index is 2.01.